The van der Waals surface area contributed by atoms with E-state index in [4.69, 9.17) is 20.6 Å². The van der Waals surface area contributed by atoms with Crippen molar-refractivity contribution in [2.24, 2.45) is 5.73 Å². The van der Waals surface area contributed by atoms with E-state index in [2.05, 4.69) is 0 Å². The molecule has 2 aromatic carbocycles. The largest absolute Gasteiger partial charge is 0.489 e. The molecule has 0 atom stereocenters. The summed E-state index contributed by atoms with van der Waals surface area (Å²) in [6.07, 6.45) is 0. The average molecular weight is 270 g/mol. The minimum Gasteiger partial charge on any atom is -0.489 e. The van der Waals surface area contributed by atoms with Crippen molar-refractivity contribution in [1.29, 1.82) is 5.41 Å². The van der Waals surface area contributed by atoms with Gasteiger partial charge in [0, 0.05) is 18.2 Å². The molecule has 3 N–H and O–H groups in total. The Kier molecular flexibility index (Phi) is 4.74. The van der Waals surface area contributed by atoms with Crippen LogP contribution < -0.4 is 10.5 Å². The highest BCUT2D eigenvalue weighted by Gasteiger charge is 2.05. The molecule has 0 saturated carbocycles. The summed E-state index contributed by atoms with van der Waals surface area (Å²) in [7, 11) is 1.66. The summed E-state index contributed by atoms with van der Waals surface area (Å²) in [5.41, 5.74) is 8.23. The molecule has 20 heavy (non-hydrogen) atoms. The maximum atomic E-state index is 7.55. The van der Waals surface area contributed by atoms with Gasteiger partial charge in [-0.1, -0.05) is 36.4 Å². The molecular weight excluding hydrogens is 252 g/mol. The van der Waals surface area contributed by atoms with E-state index in [1.165, 1.54) is 0 Å². The van der Waals surface area contributed by atoms with Crippen LogP contribution in [0, 0.1) is 5.41 Å². The number of nitrogens with one attached hydrogen (secondary N) is 1. The summed E-state index contributed by atoms with van der Waals surface area (Å²) in [4.78, 5) is 0. The van der Waals surface area contributed by atoms with Gasteiger partial charge in [0.25, 0.3) is 0 Å². The third-order valence-electron chi connectivity index (χ3n) is 2.91. The Labute approximate surface area is 118 Å². The number of nitrogen functional groups attached to an aromatic ring is 1. The van der Waals surface area contributed by atoms with Crippen LogP contribution in [0.5, 0.6) is 5.75 Å². The summed E-state index contributed by atoms with van der Waals surface area (Å²) in [6, 6.07) is 15.3. The van der Waals surface area contributed by atoms with Crippen LogP contribution in [-0.4, -0.2) is 12.9 Å². The summed E-state index contributed by atoms with van der Waals surface area (Å²) in [5.74, 6) is 0.829. The minimum atomic E-state index is 0.0531. The van der Waals surface area contributed by atoms with Gasteiger partial charge in [-0.2, -0.15) is 0 Å². The fraction of sp³-hybridized carbons (Fsp3) is 0.188. The normalized spacial score (nSPS) is 10.2. The topological polar surface area (TPSA) is 68.3 Å². The quantitative estimate of drug-likeness (QED) is 0.626. The molecule has 104 valence electrons. The summed E-state index contributed by atoms with van der Waals surface area (Å²) in [6.45, 7) is 0.938. The maximum absolute atomic E-state index is 7.55. The smallest absolute Gasteiger partial charge is 0.123 e. The molecule has 4 nitrogen and oxygen atoms in total. The zero-order valence-corrected chi connectivity index (χ0v) is 11.4. The van der Waals surface area contributed by atoms with Crippen molar-refractivity contribution >= 4 is 5.84 Å². The van der Waals surface area contributed by atoms with E-state index in [1.54, 1.807) is 7.11 Å². The van der Waals surface area contributed by atoms with E-state index < -0.39 is 0 Å². The molecule has 2 aromatic rings. The van der Waals surface area contributed by atoms with Crippen molar-refractivity contribution in [2.45, 2.75) is 13.2 Å². The van der Waals surface area contributed by atoms with E-state index in [9.17, 15) is 0 Å². The van der Waals surface area contributed by atoms with Crippen LogP contribution in [0.4, 0.5) is 0 Å². The van der Waals surface area contributed by atoms with Crippen LogP contribution in [0.15, 0.2) is 48.5 Å². The lowest BCUT2D eigenvalue weighted by Gasteiger charge is -2.11. The van der Waals surface area contributed by atoms with Crippen LogP contribution in [0.1, 0.15) is 16.7 Å². The van der Waals surface area contributed by atoms with Crippen LogP contribution in [0.2, 0.25) is 0 Å². The standard InChI is InChI=1S/C16H18N2O2/c1-19-10-12-5-4-7-14(9-12)20-11-13-6-2-3-8-15(13)16(17)18/h2-9H,10-11H2,1H3,(H3,17,18). The molecule has 0 heterocycles. The van der Waals surface area contributed by atoms with E-state index in [-0.39, 0.29) is 5.84 Å². The molecule has 0 aliphatic carbocycles. The first-order valence-corrected chi connectivity index (χ1v) is 6.33. The van der Waals surface area contributed by atoms with E-state index in [0.717, 1.165) is 16.9 Å². The molecule has 4 heteroatoms. The third-order valence-corrected chi connectivity index (χ3v) is 2.91. The highest BCUT2D eigenvalue weighted by atomic mass is 16.5. The van der Waals surface area contributed by atoms with Gasteiger partial charge in [-0.25, -0.2) is 0 Å². The molecule has 0 aliphatic rings. The Hall–Kier alpha value is -2.33. The molecular formula is C16H18N2O2. The molecule has 0 radical (unpaired) electrons. The first-order chi connectivity index (χ1) is 9.70. The number of hydrogen-bond acceptors (Lipinski definition) is 3. The number of amidine groups is 1. The highest BCUT2D eigenvalue weighted by Crippen LogP contribution is 2.17. The second-order valence-corrected chi connectivity index (χ2v) is 4.44. The Morgan fingerprint density at radius 1 is 1.10 bits per heavy atom. The van der Waals surface area contributed by atoms with Crippen molar-refractivity contribution in [2.75, 3.05) is 7.11 Å². The number of rotatable bonds is 6. The van der Waals surface area contributed by atoms with Gasteiger partial charge >= 0.3 is 0 Å². The van der Waals surface area contributed by atoms with E-state index in [1.807, 2.05) is 48.5 Å². The van der Waals surface area contributed by atoms with Crippen LogP contribution in [0.25, 0.3) is 0 Å². The molecule has 0 saturated heterocycles. The van der Waals surface area contributed by atoms with Crippen molar-refractivity contribution in [1.82, 2.24) is 0 Å². The highest BCUT2D eigenvalue weighted by molar-refractivity contribution is 5.96. The third kappa shape index (κ3) is 3.59. The first kappa shape index (κ1) is 14.1. The molecule has 0 fully saturated rings. The molecule has 0 amide bonds. The average Bonchev–Trinajstić information content (AvgIpc) is 2.46. The molecule has 0 aliphatic heterocycles. The summed E-state index contributed by atoms with van der Waals surface area (Å²) < 4.78 is 10.9. The monoisotopic (exact) mass is 270 g/mol. The van der Waals surface area contributed by atoms with Crippen LogP contribution >= 0.6 is 0 Å². The van der Waals surface area contributed by atoms with Gasteiger partial charge in [0.15, 0.2) is 0 Å². The molecule has 2 rings (SSSR count). The van der Waals surface area contributed by atoms with E-state index in [0.29, 0.717) is 18.8 Å². The summed E-state index contributed by atoms with van der Waals surface area (Å²) in [5, 5.41) is 7.55. The van der Waals surface area contributed by atoms with Crippen LogP contribution in [0.3, 0.4) is 0 Å². The zero-order chi connectivity index (χ0) is 14.4. The van der Waals surface area contributed by atoms with Gasteiger partial charge in [0.2, 0.25) is 0 Å². The lowest BCUT2D eigenvalue weighted by atomic mass is 10.1. The second kappa shape index (κ2) is 6.73. The number of nitrogens with two attached hydrogens (primary N) is 1. The number of hydrogen-bond donors (Lipinski definition) is 2. The second-order valence-electron chi connectivity index (χ2n) is 4.44. The lowest BCUT2D eigenvalue weighted by molar-refractivity contribution is 0.184. The molecule has 0 unspecified atom stereocenters. The van der Waals surface area contributed by atoms with Crippen molar-refractivity contribution < 1.29 is 9.47 Å². The predicted molar refractivity (Wildman–Crippen MR) is 78.9 cm³/mol. The van der Waals surface area contributed by atoms with Crippen molar-refractivity contribution in [3.8, 4) is 5.75 Å². The predicted octanol–water partition coefficient (Wildman–Crippen LogP) is 2.70. The Morgan fingerprint density at radius 2 is 1.90 bits per heavy atom. The fourth-order valence-corrected chi connectivity index (χ4v) is 1.96. The zero-order valence-electron chi connectivity index (χ0n) is 11.4. The minimum absolute atomic E-state index is 0.0531. The maximum Gasteiger partial charge on any atom is 0.123 e. The molecule has 0 bridgehead atoms. The number of ether oxygens (including phenoxy) is 2. The van der Waals surface area contributed by atoms with Gasteiger partial charge in [0.1, 0.15) is 18.2 Å². The molecule has 0 spiro atoms. The summed E-state index contributed by atoms with van der Waals surface area (Å²) >= 11 is 0. The van der Waals surface area contributed by atoms with Crippen molar-refractivity contribution in [3.63, 3.8) is 0 Å². The van der Waals surface area contributed by atoms with Crippen LogP contribution in [-0.2, 0) is 18.0 Å². The Bertz CT molecular complexity index is 597. The van der Waals surface area contributed by atoms with Crippen molar-refractivity contribution in [3.05, 3.63) is 65.2 Å². The van der Waals surface area contributed by atoms with Gasteiger partial charge in [-0.05, 0) is 17.7 Å². The van der Waals surface area contributed by atoms with Gasteiger partial charge in [-0.3, -0.25) is 5.41 Å². The lowest BCUT2D eigenvalue weighted by Crippen LogP contribution is -2.14. The Balaban J connectivity index is 2.09. The van der Waals surface area contributed by atoms with E-state index >= 15 is 0 Å². The Morgan fingerprint density at radius 3 is 2.65 bits per heavy atom. The van der Waals surface area contributed by atoms with Gasteiger partial charge in [0.05, 0.1) is 6.61 Å². The SMILES string of the molecule is COCc1cccc(OCc2ccccc2C(=N)N)c1. The first-order valence-electron chi connectivity index (χ1n) is 6.33. The number of methoxy groups -OCH3 is 1. The number of benzene rings is 2. The molecule has 0 aromatic heterocycles. The fourth-order valence-electron chi connectivity index (χ4n) is 1.96. The van der Waals surface area contributed by atoms with Gasteiger partial charge in [-0.15, -0.1) is 0 Å². The van der Waals surface area contributed by atoms with Gasteiger partial charge < -0.3 is 15.2 Å².